The SMILES string of the molecule is CC(C)Oc1cccc(NC(N=C2C(=O)N(C)C(=O)N2c2ccccc2)C(Cl)(Cl)Cl)c1. The van der Waals surface area contributed by atoms with Gasteiger partial charge in [-0.3, -0.25) is 9.69 Å². The highest BCUT2D eigenvalue weighted by molar-refractivity contribution is 6.68. The van der Waals surface area contributed by atoms with Gasteiger partial charge in [-0.15, -0.1) is 0 Å². The first-order valence-electron chi connectivity index (χ1n) is 9.43. The maximum absolute atomic E-state index is 12.7. The Labute approximate surface area is 195 Å². The van der Waals surface area contributed by atoms with Gasteiger partial charge < -0.3 is 10.1 Å². The summed E-state index contributed by atoms with van der Waals surface area (Å²) in [5.41, 5.74) is 1.04. The highest BCUT2D eigenvalue weighted by Gasteiger charge is 2.43. The summed E-state index contributed by atoms with van der Waals surface area (Å²) in [5, 5.41) is 3.01. The number of nitrogens with zero attached hydrogens (tertiary/aromatic N) is 3. The molecule has 0 saturated carbocycles. The second kappa shape index (κ2) is 9.34. The molecule has 31 heavy (non-hydrogen) atoms. The lowest BCUT2D eigenvalue weighted by Crippen LogP contribution is -2.37. The number of imide groups is 1. The Kier molecular flexibility index (Phi) is 6.99. The van der Waals surface area contributed by atoms with Crippen molar-refractivity contribution >= 4 is 64.0 Å². The molecule has 1 fully saturated rings. The van der Waals surface area contributed by atoms with Gasteiger partial charge in [0.05, 0.1) is 11.8 Å². The van der Waals surface area contributed by atoms with Crippen LogP contribution in [-0.4, -0.2) is 45.8 Å². The predicted molar refractivity (Wildman–Crippen MR) is 124 cm³/mol. The fraction of sp³-hybridized carbons (Fsp3) is 0.286. The van der Waals surface area contributed by atoms with Crippen LogP contribution in [0.15, 0.2) is 59.6 Å². The van der Waals surface area contributed by atoms with Crippen molar-refractivity contribution in [2.45, 2.75) is 29.9 Å². The maximum Gasteiger partial charge on any atom is 0.337 e. The van der Waals surface area contributed by atoms with Crippen LogP contribution in [0.4, 0.5) is 16.2 Å². The van der Waals surface area contributed by atoms with Gasteiger partial charge in [-0.25, -0.2) is 14.7 Å². The van der Waals surface area contributed by atoms with Gasteiger partial charge in [-0.2, -0.15) is 0 Å². The van der Waals surface area contributed by atoms with Gasteiger partial charge in [0, 0.05) is 18.8 Å². The van der Waals surface area contributed by atoms with E-state index in [2.05, 4.69) is 10.3 Å². The van der Waals surface area contributed by atoms with E-state index in [1.54, 1.807) is 54.6 Å². The molecular weight excluding hydrogens is 463 g/mol. The molecule has 0 aliphatic carbocycles. The number of amides is 3. The van der Waals surface area contributed by atoms with Crippen LogP contribution >= 0.6 is 34.8 Å². The van der Waals surface area contributed by atoms with E-state index in [-0.39, 0.29) is 11.9 Å². The number of hydrogen-bond donors (Lipinski definition) is 1. The maximum atomic E-state index is 12.7. The minimum Gasteiger partial charge on any atom is -0.491 e. The average molecular weight is 484 g/mol. The molecule has 1 aliphatic rings. The number of benzene rings is 2. The summed E-state index contributed by atoms with van der Waals surface area (Å²) >= 11 is 18.5. The first kappa shape index (κ1) is 23.2. The smallest absolute Gasteiger partial charge is 0.337 e. The van der Waals surface area contributed by atoms with E-state index in [1.807, 2.05) is 13.8 Å². The normalized spacial score (nSPS) is 16.9. The molecule has 0 spiro atoms. The number of para-hydroxylation sites is 1. The summed E-state index contributed by atoms with van der Waals surface area (Å²) in [7, 11) is 1.37. The molecule has 10 heteroatoms. The van der Waals surface area contributed by atoms with E-state index >= 15 is 0 Å². The molecule has 3 amide bonds. The van der Waals surface area contributed by atoms with E-state index in [9.17, 15) is 9.59 Å². The molecular formula is C21H21Cl3N4O3. The number of carbonyl (C=O) groups excluding carboxylic acids is 2. The minimum absolute atomic E-state index is 0.0171. The van der Waals surface area contributed by atoms with Gasteiger partial charge in [-0.05, 0) is 38.1 Å². The van der Waals surface area contributed by atoms with Crippen molar-refractivity contribution in [3.05, 3.63) is 54.6 Å². The number of carbonyl (C=O) groups is 2. The van der Waals surface area contributed by atoms with Gasteiger partial charge in [-0.1, -0.05) is 59.1 Å². The molecule has 2 aromatic rings. The first-order valence-corrected chi connectivity index (χ1v) is 10.6. The van der Waals surface area contributed by atoms with Crippen LogP contribution in [0, 0.1) is 0 Å². The largest absolute Gasteiger partial charge is 0.491 e. The van der Waals surface area contributed by atoms with Crippen LogP contribution in [0.2, 0.25) is 0 Å². The quantitative estimate of drug-likeness (QED) is 0.459. The number of alkyl halides is 3. The standard InChI is InChI=1S/C21H21Cl3N4O3/c1-13(2)31-16-11-7-8-14(12-16)25-19(21(22,23)24)26-17-18(29)27(3)20(30)28(17)15-9-5-4-6-10-15/h4-13,19,25H,1-3H3. The van der Waals surface area contributed by atoms with Crippen molar-refractivity contribution in [1.82, 2.24) is 4.90 Å². The number of rotatable bonds is 6. The molecule has 0 aromatic heterocycles. The van der Waals surface area contributed by atoms with Crippen LogP contribution in [-0.2, 0) is 4.79 Å². The second-order valence-electron chi connectivity index (χ2n) is 7.05. The predicted octanol–water partition coefficient (Wildman–Crippen LogP) is 5.08. The summed E-state index contributed by atoms with van der Waals surface area (Å²) in [6.45, 7) is 3.82. The van der Waals surface area contributed by atoms with E-state index in [0.717, 1.165) is 4.90 Å². The molecule has 1 N–H and O–H groups in total. The lowest BCUT2D eigenvalue weighted by Gasteiger charge is -2.25. The fourth-order valence-corrected chi connectivity index (χ4v) is 3.20. The Hall–Kier alpha value is -2.48. The van der Waals surface area contributed by atoms with Crippen molar-refractivity contribution in [3.8, 4) is 5.75 Å². The highest BCUT2D eigenvalue weighted by Crippen LogP contribution is 2.35. The van der Waals surface area contributed by atoms with Crippen molar-refractivity contribution in [1.29, 1.82) is 0 Å². The zero-order valence-corrected chi connectivity index (χ0v) is 19.3. The molecule has 1 atom stereocenters. The molecule has 0 bridgehead atoms. The highest BCUT2D eigenvalue weighted by atomic mass is 35.6. The fourth-order valence-electron chi connectivity index (χ4n) is 2.89. The van der Waals surface area contributed by atoms with E-state index in [0.29, 0.717) is 17.1 Å². The van der Waals surface area contributed by atoms with E-state index in [4.69, 9.17) is 39.5 Å². The van der Waals surface area contributed by atoms with Crippen LogP contribution in [0.3, 0.4) is 0 Å². The monoisotopic (exact) mass is 482 g/mol. The minimum atomic E-state index is -1.92. The molecule has 1 aliphatic heterocycles. The number of likely N-dealkylation sites (N-methyl/N-ethyl adjacent to an activating group) is 1. The van der Waals surface area contributed by atoms with E-state index < -0.39 is 21.9 Å². The van der Waals surface area contributed by atoms with Gasteiger partial charge in [0.25, 0.3) is 5.91 Å². The molecule has 1 unspecified atom stereocenters. The summed E-state index contributed by atoms with van der Waals surface area (Å²) in [5.74, 6) is -0.141. The van der Waals surface area contributed by atoms with Crippen molar-refractivity contribution in [2.75, 3.05) is 17.3 Å². The number of aliphatic imine (C=N–C) groups is 1. The summed E-state index contributed by atoms with van der Waals surface area (Å²) < 4.78 is 3.77. The third-order valence-electron chi connectivity index (χ3n) is 4.27. The number of hydrogen-bond acceptors (Lipinski definition) is 5. The molecule has 0 radical (unpaired) electrons. The van der Waals surface area contributed by atoms with Gasteiger partial charge in [0.15, 0.2) is 6.17 Å². The number of nitrogens with one attached hydrogen (secondary N) is 1. The molecule has 7 nitrogen and oxygen atoms in total. The molecule has 164 valence electrons. The summed E-state index contributed by atoms with van der Waals surface area (Å²) in [6, 6.07) is 15.2. The zero-order valence-electron chi connectivity index (χ0n) is 17.1. The van der Waals surface area contributed by atoms with Crippen LogP contribution < -0.4 is 15.0 Å². The Morgan fingerprint density at radius 2 is 1.71 bits per heavy atom. The van der Waals surface area contributed by atoms with Crippen molar-refractivity contribution < 1.29 is 14.3 Å². The summed E-state index contributed by atoms with van der Waals surface area (Å²) in [4.78, 5) is 31.9. The zero-order chi connectivity index (χ0) is 22.8. The van der Waals surface area contributed by atoms with Crippen LogP contribution in [0.1, 0.15) is 13.8 Å². The average Bonchev–Trinajstić information content (AvgIpc) is 2.91. The van der Waals surface area contributed by atoms with Gasteiger partial charge >= 0.3 is 6.03 Å². The van der Waals surface area contributed by atoms with Crippen LogP contribution in [0.5, 0.6) is 5.75 Å². The first-order chi connectivity index (χ1) is 14.6. The summed E-state index contributed by atoms with van der Waals surface area (Å²) in [6.07, 6.45) is -1.19. The van der Waals surface area contributed by atoms with E-state index in [1.165, 1.54) is 11.9 Å². The Morgan fingerprint density at radius 3 is 2.32 bits per heavy atom. The van der Waals surface area contributed by atoms with Crippen molar-refractivity contribution in [2.24, 2.45) is 4.99 Å². The van der Waals surface area contributed by atoms with Crippen LogP contribution in [0.25, 0.3) is 0 Å². The molecule has 3 rings (SSSR count). The molecule has 2 aromatic carbocycles. The number of amidine groups is 1. The third kappa shape index (κ3) is 5.42. The lowest BCUT2D eigenvalue weighted by molar-refractivity contribution is -0.119. The second-order valence-corrected chi connectivity index (χ2v) is 9.42. The Morgan fingerprint density at radius 1 is 1.03 bits per heavy atom. The molecule has 1 heterocycles. The molecule has 1 saturated heterocycles. The number of urea groups is 1. The topological polar surface area (TPSA) is 74.2 Å². The lowest BCUT2D eigenvalue weighted by atomic mass is 10.3. The number of ether oxygens (including phenoxy) is 1. The van der Waals surface area contributed by atoms with Gasteiger partial charge in [0.2, 0.25) is 9.63 Å². The number of anilines is 2. The Bertz CT molecular complexity index is 993. The Balaban J connectivity index is 1.99. The number of halogens is 3. The third-order valence-corrected chi connectivity index (χ3v) is 4.89. The van der Waals surface area contributed by atoms with Gasteiger partial charge in [0.1, 0.15) is 5.75 Å². The van der Waals surface area contributed by atoms with Crippen molar-refractivity contribution in [3.63, 3.8) is 0 Å².